The van der Waals surface area contributed by atoms with Crippen LogP contribution in [0.2, 0.25) is 0 Å². The highest BCUT2D eigenvalue weighted by atomic mass is 16.5. The Morgan fingerprint density at radius 2 is 1.86 bits per heavy atom. The maximum Gasteiger partial charge on any atom is 0.325 e. The van der Waals surface area contributed by atoms with Crippen LogP contribution in [-0.4, -0.2) is 40.0 Å². The summed E-state index contributed by atoms with van der Waals surface area (Å²) in [7, 11) is 1.51. The normalized spacial score (nSPS) is 11.0. The number of esters is 1. The Kier molecular flexibility index (Phi) is 5.73. The fourth-order valence-electron chi connectivity index (χ4n) is 2.90. The zero-order chi connectivity index (χ0) is 20.3. The molecule has 0 amide bonds. The highest BCUT2D eigenvalue weighted by Crippen LogP contribution is 2.28. The number of Topliss-reactive ketones (excluding diaryl/α,β-unsaturated/α-hetero) is 1. The van der Waals surface area contributed by atoms with Crippen molar-refractivity contribution < 1.29 is 19.1 Å². The number of ketones is 1. The third-order valence-corrected chi connectivity index (χ3v) is 4.28. The van der Waals surface area contributed by atoms with Crippen LogP contribution in [-0.2, 0) is 16.1 Å². The van der Waals surface area contributed by atoms with E-state index < -0.39 is 0 Å². The number of carbonyl (C=O) groups is 2. The molecule has 0 N–H and O–H groups in total. The van der Waals surface area contributed by atoms with E-state index in [1.807, 2.05) is 32.0 Å². The molecule has 7 nitrogen and oxygen atoms in total. The number of ether oxygens (including phenoxy) is 2. The van der Waals surface area contributed by atoms with Crippen molar-refractivity contribution in [2.75, 3.05) is 13.7 Å². The van der Waals surface area contributed by atoms with E-state index in [1.54, 1.807) is 23.2 Å². The summed E-state index contributed by atoms with van der Waals surface area (Å²) < 4.78 is 12.0. The van der Waals surface area contributed by atoms with Gasteiger partial charge in [0.1, 0.15) is 6.54 Å². The monoisotopic (exact) mass is 381 g/mol. The molecule has 3 aromatic rings. The summed E-state index contributed by atoms with van der Waals surface area (Å²) in [5, 5.41) is 0.775. The smallest absolute Gasteiger partial charge is 0.325 e. The summed E-state index contributed by atoms with van der Waals surface area (Å²) in [6, 6.07) is 6.00. The number of hydrogen-bond acceptors (Lipinski definition) is 6. The van der Waals surface area contributed by atoms with Gasteiger partial charge in [-0.3, -0.25) is 9.59 Å². The van der Waals surface area contributed by atoms with Gasteiger partial charge in [0, 0.05) is 40.6 Å². The van der Waals surface area contributed by atoms with E-state index in [1.165, 1.54) is 14.0 Å². The van der Waals surface area contributed by atoms with E-state index in [0.717, 1.165) is 22.0 Å². The average Bonchev–Trinajstić information content (AvgIpc) is 3.04. The lowest BCUT2D eigenvalue weighted by Gasteiger charge is -2.09. The maximum absolute atomic E-state index is 12.1. The van der Waals surface area contributed by atoms with E-state index in [-0.39, 0.29) is 24.2 Å². The maximum atomic E-state index is 12.1. The first kappa shape index (κ1) is 19.5. The summed E-state index contributed by atoms with van der Waals surface area (Å²) >= 11 is 0. The second-order valence-electron chi connectivity index (χ2n) is 6.99. The number of aromatic nitrogens is 3. The molecule has 0 saturated carbocycles. The Morgan fingerprint density at radius 3 is 2.46 bits per heavy atom. The molecule has 3 rings (SSSR count). The number of benzene rings is 1. The first-order valence-electron chi connectivity index (χ1n) is 9.05. The van der Waals surface area contributed by atoms with E-state index in [0.29, 0.717) is 18.2 Å². The fourth-order valence-corrected chi connectivity index (χ4v) is 2.90. The molecule has 0 fully saturated rings. The zero-order valence-electron chi connectivity index (χ0n) is 16.4. The number of carbonyl (C=O) groups excluding carboxylic acids is 2. The fraction of sp³-hybridized carbons (Fsp3) is 0.333. The van der Waals surface area contributed by atoms with Crippen LogP contribution >= 0.6 is 0 Å². The van der Waals surface area contributed by atoms with Crippen molar-refractivity contribution in [3.63, 3.8) is 0 Å². The van der Waals surface area contributed by atoms with Crippen LogP contribution in [0.25, 0.3) is 22.0 Å². The van der Waals surface area contributed by atoms with Crippen molar-refractivity contribution in [3.05, 3.63) is 42.4 Å². The van der Waals surface area contributed by atoms with Gasteiger partial charge in [-0.15, -0.1) is 0 Å². The first-order chi connectivity index (χ1) is 13.4. The highest BCUT2D eigenvalue weighted by molar-refractivity contribution is 6.08. The Hall–Kier alpha value is -3.22. The van der Waals surface area contributed by atoms with E-state index in [4.69, 9.17) is 9.47 Å². The zero-order valence-corrected chi connectivity index (χ0v) is 16.4. The molecule has 2 aromatic heterocycles. The predicted molar refractivity (Wildman–Crippen MR) is 105 cm³/mol. The third kappa shape index (κ3) is 4.19. The molecule has 0 saturated heterocycles. The number of methoxy groups -OCH3 is 1. The van der Waals surface area contributed by atoms with Crippen LogP contribution in [0.3, 0.4) is 0 Å². The van der Waals surface area contributed by atoms with Gasteiger partial charge in [-0.1, -0.05) is 19.9 Å². The van der Waals surface area contributed by atoms with Gasteiger partial charge in [0.2, 0.25) is 0 Å². The second kappa shape index (κ2) is 8.21. The summed E-state index contributed by atoms with van der Waals surface area (Å²) in [6.45, 7) is 5.91. The Balaban J connectivity index is 1.96. The molecular weight excluding hydrogens is 358 g/mol. The number of fused-ring (bicyclic) bond motifs is 1. The Morgan fingerprint density at radius 1 is 1.14 bits per heavy atom. The molecule has 0 spiro atoms. The van der Waals surface area contributed by atoms with Gasteiger partial charge in [-0.2, -0.15) is 0 Å². The van der Waals surface area contributed by atoms with Crippen molar-refractivity contribution >= 4 is 22.7 Å². The van der Waals surface area contributed by atoms with E-state index >= 15 is 0 Å². The minimum Gasteiger partial charge on any atom is -0.467 e. The molecule has 28 heavy (non-hydrogen) atoms. The van der Waals surface area contributed by atoms with Gasteiger partial charge >= 0.3 is 12.0 Å². The first-order valence-corrected chi connectivity index (χ1v) is 9.05. The second-order valence-corrected chi connectivity index (χ2v) is 6.99. The van der Waals surface area contributed by atoms with Crippen LogP contribution in [0, 0.1) is 5.92 Å². The summed E-state index contributed by atoms with van der Waals surface area (Å²) in [5.41, 5.74) is 3.03. The molecule has 1 aromatic carbocycles. The van der Waals surface area contributed by atoms with Crippen molar-refractivity contribution in [3.8, 4) is 17.1 Å². The molecular formula is C21H23N3O4. The molecule has 0 unspecified atom stereocenters. The van der Waals surface area contributed by atoms with Crippen molar-refractivity contribution in [2.45, 2.75) is 27.3 Å². The van der Waals surface area contributed by atoms with Crippen LogP contribution in [0.4, 0.5) is 0 Å². The van der Waals surface area contributed by atoms with Crippen LogP contribution in [0.1, 0.15) is 31.1 Å². The minimum absolute atomic E-state index is 0.0570. The summed E-state index contributed by atoms with van der Waals surface area (Å²) in [5.74, 6) is -0.122. The van der Waals surface area contributed by atoms with Crippen LogP contribution in [0.5, 0.6) is 6.01 Å². The van der Waals surface area contributed by atoms with Crippen molar-refractivity contribution in [2.24, 2.45) is 5.92 Å². The molecule has 0 aliphatic carbocycles. The molecule has 7 heteroatoms. The average molecular weight is 381 g/mol. The topological polar surface area (TPSA) is 83.3 Å². The molecule has 0 atom stereocenters. The largest absolute Gasteiger partial charge is 0.467 e. The van der Waals surface area contributed by atoms with Gasteiger partial charge in [0.25, 0.3) is 0 Å². The predicted octanol–water partition coefficient (Wildman–Crippen LogP) is 3.51. The van der Waals surface area contributed by atoms with Crippen molar-refractivity contribution in [1.29, 1.82) is 0 Å². The van der Waals surface area contributed by atoms with Gasteiger partial charge in [-0.25, -0.2) is 9.97 Å². The third-order valence-electron chi connectivity index (χ3n) is 4.28. The van der Waals surface area contributed by atoms with E-state index in [9.17, 15) is 9.59 Å². The van der Waals surface area contributed by atoms with Crippen LogP contribution < -0.4 is 4.74 Å². The van der Waals surface area contributed by atoms with Gasteiger partial charge in [-0.05, 0) is 30.5 Å². The number of hydrogen-bond donors (Lipinski definition) is 0. The molecule has 0 aliphatic heterocycles. The standard InChI is InChI=1S/C21H23N3O4/c1-13(2)12-28-20(26)11-24-10-18(14(3)25)17-7-15(5-6-19(17)24)16-8-22-21(27-4)23-9-16/h5-10,13H,11-12H2,1-4H3. The quantitative estimate of drug-likeness (QED) is 0.460. The number of nitrogens with zero attached hydrogens (tertiary/aromatic N) is 3. The molecule has 0 bridgehead atoms. The SMILES string of the molecule is COc1ncc(-c2ccc3c(c2)c(C(C)=O)cn3CC(=O)OCC(C)C)cn1. The number of rotatable bonds is 7. The lowest BCUT2D eigenvalue weighted by molar-refractivity contribution is -0.145. The van der Waals surface area contributed by atoms with Gasteiger partial charge < -0.3 is 14.0 Å². The van der Waals surface area contributed by atoms with Gasteiger partial charge in [0.05, 0.1) is 13.7 Å². The van der Waals surface area contributed by atoms with E-state index in [2.05, 4.69) is 9.97 Å². The molecule has 146 valence electrons. The summed E-state index contributed by atoms with van der Waals surface area (Å²) in [4.78, 5) is 32.5. The van der Waals surface area contributed by atoms with Crippen molar-refractivity contribution in [1.82, 2.24) is 14.5 Å². The minimum atomic E-state index is -0.326. The summed E-state index contributed by atoms with van der Waals surface area (Å²) in [6.07, 6.45) is 5.04. The Labute approximate surface area is 163 Å². The molecule has 0 aliphatic rings. The van der Waals surface area contributed by atoms with Gasteiger partial charge in [0.15, 0.2) is 5.78 Å². The van der Waals surface area contributed by atoms with Crippen LogP contribution in [0.15, 0.2) is 36.8 Å². The lowest BCUT2D eigenvalue weighted by Crippen LogP contribution is -2.15. The Bertz CT molecular complexity index is 1010. The highest BCUT2D eigenvalue weighted by Gasteiger charge is 2.16. The lowest BCUT2D eigenvalue weighted by atomic mass is 10.0. The molecule has 2 heterocycles. The molecule has 0 radical (unpaired) electrons.